The molecule has 1 fully saturated rings. The zero-order valence-corrected chi connectivity index (χ0v) is 7.74. The smallest absolute Gasteiger partial charge is 0.0586 e. The van der Waals surface area contributed by atoms with E-state index in [9.17, 15) is 0 Å². The number of nitrogens with zero attached hydrogens (tertiary/aromatic N) is 1. The molecule has 0 aromatic heterocycles. The molecule has 0 saturated carbocycles. The van der Waals surface area contributed by atoms with E-state index in [2.05, 4.69) is 11.8 Å². The van der Waals surface area contributed by atoms with Crippen molar-refractivity contribution in [3.05, 3.63) is 0 Å². The molecule has 0 spiro atoms. The van der Waals surface area contributed by atoms with Gasteiger partial charge in [-0.3, -0.25) is 4.90 Å². The van der Waals surface area contributed by atoms with Gasteiger partial charge in [-0.05, 0) is 19.4 Å². The van der Waals surface area contributed by atoms with Crippen LogP contribution in [0, 0.1) is 0 Å². The number of likely N-dealkylation sites (tertiary alicyclic amines) is 1. The Hall–Kier alpha value is -0.120. The molecule has 1 saturated heterocycles. The Morgan fingerprint density at radius 3 is 2.00 bits per heavy atom. The summed E-state index contributed by atoms with van der Waals surface area (Å²) in [5.41, 5.74) is 0. The molecule has 72 valence electrons. The Morgan fingerprint density at radius 1 is 1.17 bits per heavy atom. The zero-order valence-electron chi connectivity index (χ0n) is 7.74. The summed E-state index contributed by atoms with van der Waals surface area (Å²) in [7, 11) is 0. The molecular formula is C9H19NO2. The number of aliphatic hydroxyl groups excluding tert-OH is 2. The van der Waals surface area contributed by atoms with E-state index in [0.29, 0.717) is 0 Å². The van der Waals surface area contributed by atoms with Crippen LogP contribution in [0.5, 0.6) is 0 Å². The Bertz CT molecular complexity index is 118. The molecule has 1 aliphatic heterocycles. The van der Waals surface area contributed by atoms with Crippen molar-refractivity contribution < 1.29 is 10.2 Å². The lowest BCUT2D eigenvalue weighted by atomic mass is 9.96. The third-order valence-electron chi connectivity index (χ3n) is 2.80. The molecule has 12 heavy (non-hydrogen) atoms. The summed E-state index contributed by atoms with van der Waals surface area (Å²) < 4.78 is 0. The lowest BCUT2D eigenvalue weighted by Gasteiger charge is -2.39. The van der Waals surface area contributed by atoms with Gasteiger partial charge in [-0.1, -0.05) is 13.3 Å². The van der Waals surface area contributed by atoms with Crippen molar-refractivity contribution in [1.82, 2.24) is 4.90 Å². The molecule has 1 rings (SSSR count). The minimum atomic E-state index is 0.227. The SMILES string of the molecule is CCN1C(CO)CCCC1CO. The van der Waals surface area contributed by atoms with Gasteiger partial charge in [0.15, 0.2) is 0 Å². The number of piperidine rings is 1. The summed E-state index contributed by atoms with van der Waals surface area (Å²) in [6, 6.07) is 0.557. The summed E-state index contributed by atoms with van der Waals surface area (Å²) in [5.74, 6) is 0. The van der Waals surface area contributed by atoms with E-state index in [4.69, 9.17) is 10.2 Å². The quantitative estimate of drug-likeness (QED) is 0.641. The van der Waals surface area contributed by atoms with E-state index in [0.717, 1.165) is 25.8 Å². The first-order valence-corrected chi connectivity index (χ1v) is 4.81. The standard InChI is InChI=1S/C9H19NO2/c1-2-10-8(6-11)4-3-5-9(10)7-12/h8-9,11-12H,2-7H2,1H3. The highest BCUT2D eigenvalue weighted by molar-refractivity contribution is 4.82. The molecule has 2 unspecified atom stereocenters. The van der Waals surface area contributed by atoms with Crippen LogP contribution >= 0.6 is 0 Å². The fraction of sp³-hybridized carbons (Fsp3) is 1.00. The van der Waals surface area contributed by atoms with Gasteiger partial charge in [0.1, 0.15) is 0 Å². The summed E-state index contributed by atoms with van der Waals surface area (Å²) in [5, 5.41) is 18.2. The van der Waals surface area contributed by atoms with Gasteiger partial charge in [0, 0.05) is 12.1 Å². The first-order valence-electron chi connectivity index (χ1n) is 4.81. The maximum atomic E-state index is 9.08. The molecule has 2 atom stereocenters. The Labute approximate surface area is 74.0 Å². The molecule has 0 aromatic rings. The molecule has 0 aliphatic carbocycles. The largest absolute Gasteiger partial charge is 0.395 e. The predicted molar refractivity (Wildman–Crippen MR) is 48.0 cm³/mol. The number of rotatable bonds is 3. The Morgan fingerprint density at radius 2 is 1.67 bits per heavy atom. The second kappa shape index (κ2) is 4.80. The summed E-state index contributed by atoms with van der Waals surface area (Å²) in [4.78, 5) is 2.21. The van der Waals surface area contributed by atoms with Crippen LogP contribution in [0.25, 0.3) is 0 Å². The van der Waals surface area contributed by atoms with Crippen LogP contribution < -0.4 is 0 Å². The normalized spacial score (nSPS) is 32.2. The summed E-state index contributed by atoms with van der Waals surface area (Å²) >= 11 is 0. The van der Waals surface area contributed by atoms with Crippen LogP contribution in [0.15, 0.2) is 0 Å². The van der Waals surface area contributed by atoms with E-state index in [1.807, 2.05) is 0 Å². The molecule has 3 nitrogen and oxygen atoms in total. The van der Waals surface area contributed by atoms with Gasteiger partial charge in [0.2, 0.25) is 0 Å². The third-order valence-corrected chi connectivity index (χ3v) is 2.80. The van der Waals surface area contributed by atoms with Crippen LogP contribution in [0.4, 0.5) is 0 Å². The first kappa shape index (κ1) is 9.96. The van der Waals surface area contributed by atoms with Crippen molar-refractivity contribution >= 4 is 0 Å². The maximum absolute atomic E-state index is 9.08. The zero-order chi connectivity index (χ0) is 8.97. The van der Waals surface area contributed by atoms with Crippen molar-refractivity contribution in [3.63, 3.8) is 0 Å². The molecule has 0 aromatic carbocycles. The van der Waals surface area contributed by atoms with Gasteiger partial charge in [0.25, 0.3) is 0 Å². The second-order valence-electron chi connectivity index (χ2n) is 3.43. The van der Waals surface area contributed by atoms with Gasteiger partial charge >= 0.3 is 0 Å². The molecule has 1 heterocycles. The lowest BCUT2D eigenvalue weighted by molar-refractivity contribution is 0.0222. The minimum absolute atomic E-state index is 0.227. The first-order chi connectivity index (χ1) is 5.83. The summed E-state index contributed by atoms with van der Waals surface area (Å²) in [6.07, 6.45) is 3.27. The van der Waals surface area contributed by atoms with Gasteiger partial charge in [-0.15, -0.1) is 0 Å². The lowest BCUT2D eigenvalue weighted by Crippen LogP contribution is -2.49. The fourth-order valence-corrected chi connectivity index (χ4v) is 2.13. The molecule has 2 N–H and O–H groups in total. The minimum Gasteiger partial charge on any atom is -0.395 e. The predicted octanol–water partition coefficient (Wildman–Crippen LogP) is 0.214. The molecule has 0 radical (unpaired) electrons. The second-order valence-corrected chi connectivity index (χ2v) is 3.43. The fourth-order valence-electron chi connectivity index (χ4n) is 2.13. The van der Waals surface area contributed by atoms with Gasteiger partial charge in [-0.25, -0.2) is 0 Å². The van der Waals surface area contributed by atoms with Crippen LogP contribution in [0.1, 0.15) is 26.2 Å². The van der Waals surface area contributed by atoms with Crippen molar-refractivity contribution in [2.75, 3.05) is 19.8 Å². The number of aliphatic hydroxyl groups is 2. The molecule has 1 aliphatic rings. The highest BCUT2D eigenvalue weighted by atomic mass is 16.3. The van der Waals surface area contributed by atoms with Crippen LogP contribution in [-0.2, 0) is 0 Å². The van der Waals surface area contributed by atoms with Crippen molar-refractivity contribution in [3.8, 4) is 0 Å². The van der Waals surface area contributed by atoms with Crippen molar-refractivity contribution in [1.29, 1.82) is 0 Å². The highest BCUT2D eigenvalue weighted by Crippen LogP contribution is 2.21. The van der Waals surface area contributed by atoms with Crippen molar-refractivity contribution in [2.45, 2.75) is 38.3 Å². The monoisotopic (exact) mass is 173 g/mol. The average molecular weight is 173 g/mol. The van der Waals surface area contributed by atoms with Gasteiger partial charge in [-0.2, -0.15) is 0 Å². The number of hydrogen-bond acceptors (Lipinski definition) is 3. The Balaban J connectivity index is 2.52. The van der Waals surface area contributed by atoms with E-state index >= 15 is 0 Å². The average Bonchev–Trinajstić information content (AvgIpc) is 2.16. The van der Waals surface area contributed by atoms with E-state index in [1.54, 1.807) is 0 Å². The topological polar surface area (TPSA) is 43.7 Å². The van der Waals surface area contributed by atoms with Crippen LogP contribution in [0.3, 0.4) is 0 Å². The van der Waals surface area contributed by atoms with Crippen LogP contribution in [0.2, 0.25) is 0 Å². The number of likely N-dealkylation sites (N-methyl/N-ethyl adjacent to an activating group) is 1. The van der Waals surface area contributed by atoms with Crippen molar-refractivity contribution in [2.24, 2.45) is 0 Å². The van der Waals surface area contributed by atoms with E-state index < -0.39 is 0 Å². The molecular weight excluding hydrogens is 154 g/mol. The van der Waals surface area contributed by atoms with E-state index in [1.165, 1.54) is 0 Å². The summed E-state index contributed by atoms with van der Waals surface area (Å²) in [6.45, 7) is 3.46. The van der Waals surface area contributed by atoms with Gasteiger partial charge in [0.05, 0.1) is 13.2 Å². The maximum Gasteiger partial charge on any atom is 0.0586 e. The molecule has 0 bridgehead atoms. The third kappa shape index (κ3) is 1.97. The molecule has 0 amide bonds. The van der Waals surface area contributed by atoms with Crippen LogP contribution in [-0.4, -0.2) is 47.0 Å². The Kier molecular flexibility index (Phi) is 3.98. The number of hydrogen-bond donors (Lipinski definition) is 2. The molecule has 3 heteroatoms. The van der Waals surface area contributed by atoms with E-state index in [-0.39, 0.29) is 25.3 Å². The highest BCUT2D eigenvalue weighted by Gasteiger charge is 2.27. The van der Waals surface area contributed by atoms with Gasteiger partial charge < -0.3 is 10.2 Å².